The Hall–Kier alpha value is -1.10. The lowest BCUT2D eigenvalue weighted by Crippen LogP contribution is -2.32. The molecule has 0 amide bonds. The molecule has 112 valence electrons. The Balaban J connectivity index is 2.03. The fraction of sp³-hybridized carbons (Fsp3) is 0.625. The van der Waals surface area contributed by atoms with E-state index < -0.39 is 0 Å². The van der Waals surface area contributed by atoms with E-state index in [0.29, 0.717) is 0 Å². The number of para-hydroxylation sites is 1. The van der Waals surface area contributed by atoms with Crippen LogP contribution in [-0.2, 0) is 16.0 Å². The summed E-state index contributed by atoms with van der Waals surface area (Å²) in [6, 6.07) is 9.34. The summed E-state index contributed by atoms with van der Waals surface area (Å²) < 4.78 is 10.4. The molecule has 0 heterocycles. The van der Waals surface area contributed by atoms with Crippen molar-refractivity contribution in [1.29, 1.82) is 0 Å². The van der Waals surface area contributed by atoms with Crippen LogP contribution in [0.25, 0.3) is 0 Å². The molecule has 1 saturated carbocycles. The Kier molecular flexibility index (Phi) is 6.30. The van der Waals surface area contributed by atoms with Crippen LogP contribution < -0.4 is 10.2 Å². The number of benzene rings is 1. The predicted octanol–water partition coefficient (Wildman–Crippen LogP) is 2.04. The number of nitrogens with one attached hydrogen (secondary N) is 1. The van der Waals surface area contributed by atoms with Gasteiger partial charge in [-0.25, -0.2) is 0 Å². The van der Waals surface area contributed by atoms with Crippen LogP contribution >= 0.6 is 0 Å². The Morgan fingerprint density at radius 2 is 1.75 bits per heavy atom. The van der Waals surface area contributed by atoms with Crippen LogP contribution in [0.1, 0.15) is 18.4 Å². The van der Waals surface area contributed by atoms with Gasteiger partial charge in [0.15, 0.2) is 0 Å². The van der Waals surface area contributed by atoms with Crippen molar-refractivity contribution >= 4 is 5.69 Å². The van der Waals surface area contributed by atoms with Gasteiger partial charge in [0.1, 0.15) is 0 Å². The smallest absolute Gasteiger partial charge is 0.0637 e. The summed E-state index contributed by atoms with van der Waals surface area (Å²) in [5.41, 5.74) is 2.64. The third-order valence-corrected chi connectivity index (χ3v) is 3.62. The van der Waals surface area contributed by atoms with Crippen molar-refractivity contribution in [2.45, 2.75) is 25.4 Å². The minimum atomic E-state index is 0.730. The first kappa shape index (κ1) is 15.3. The zero-order valence-corrected chi connectivity index (χ0v) is 12.6. The molecule has 0 radical (unpaired) electrons. The Morgan fingerprint density at radius 1 is 1.10 bits per heavy atom. The molecule has 1 aliphatic rings. The number of ether oxygens (including phenoxy) is 2. The lowest BCUT2D eigenvalue weighted by Gasteiger charge is -2.27. The Bertz CT molecular complexity index is 386. The first-order valence-electron chi connectivity index (χ1n) is 7.39. The summed E-state index contributed by atoms with van der Waals surface area (Å²) in [6.07, 6.45) is 2.64. The summed E-state index contributed by atoms with van der Waals surface area (Å²) in [5.74, 6) is 0. The van der Waals surface area contributed by atoms with Gasteiger partial charge in [0.25, 0.3) is 0 Å². The Labute approximate surface area is 122 Å². The molecular weight excluding hydrogens is 252 g/mol. The van der Waals surface area contributed by atoms with E-state index >= 15 is 0 Å². The van der Waals surface area contributed by atoms with Crippen molar-refractivity contribution in [3.63, 3.8) is 0 Å². The van der Waals surface area contributed by atoms with E-state index in [9.17, 15) is 0 Å². The second-order valence-electron chi connectivity index (χ2n) is 5.26. The fourth-order valence-corrected chi connectivity index (χ4v) is 2.27. The van der Waals surface area contributed by atoms with Gasteiger partial charge in [-0.2, -0.15) is 0 Å². The van der Waals surface area contributed by atoms with Gasteiger partial charge < -0.3 is 19.7 Å². The maximum absolute atomic E-state index is 5.22. The summed E-state index contributed by atoms with van der Waals surface area (Å²) >= 11 is 0. The third-order valence-electron chi connectivity index (χ3n) is 3.62. The van der Waals surface area contributed by atoms with Gasteiger partial charge in [0, 0.05) is 45.6 Å². The highest BCUT2D eigenvalue weighted by atomic mass is 16.5. The fourth-order valence-electron chi connectivity index (χ4n) is 2.27. The minimum Gasteiger partial charge on any atom is -0.383 e. The molecule has 1 aromatic carbocycles. The number of hydrogen-bond acceptors (Lipinski definition) is 4. The van der Waals surface area contributed by atoms with Crippen LogP contribution in [0.5, 0.6) is 0 Å². The third kappa shape index (κ3) is 4.78. The van der Waals surface area contributed by atoms with E-state index in [2.05, 4.69) is 34.5 Å². The van der Waals surface area contributed by atoms with E-state index in [1.165, 1.54) is 24.1 Å². The van der Waals surface area contributed by atoms with Gasteiger partial charge in [-0.15, -0.1) is 0 Å². The standard InChI is InChI=1S/C16H26N2O2/c1-19-11-9-18(10-12-20-2)16-6-4-3-5-14(16)13-17-15-7-8-15/h3-6,15,17H,7-13H2,1-2H3. The number of hydrogen-bond donors (Lipinski definition) is 1. The second kappa shape index (κ2) is 8.25. The molecule has 1 aliphatic carbocycles. The van der Waals surface area contributed by atoms with E-state index in [1.54, 1.807) is 14.2 Å². The van der Waals surface area contributed by atoms with Crippen molar-refractivity contribution in [2.75, 3.05) is 45.4 Å². The molecule has 0 spiro atoms. The van der Waals surface area contributed by atoms with Crippen LogP contribution in [0.15, 0.2) is 24.3 Å². The molecule has 0 atom stereocenters. The summed E-state index contributed by atoms with van der Waals surface area (Å²) in [7, 11) is 3.49. The zero-order chi connectivity index (χ0) is 14.2. The van der Waals surface area contributed by atoms with Crippen LogP contribution in [0, 0.1) is 0 Å². The molecule has 20 heavy (non-hydrogen) atoms. The maximum Gasteiger partial charge on any atom is 0.0637 e. The maximum atomic E-state index is 5.22. The van der Waals surface area contributed by atoms with Crippen molar-refractivity contribution in [1.82, 2.24) is 5.32 Å². The average Bonchev–Trinajstić information content (AvgIpc) is 3.30. The number of rotatable bonds is 10. The largest absolute Gasteiger partial charge is 0.383 e. The molecule has 0 saturated heterocycles. The summed E-state index contributed by atoms with van der Waals surface area (Å²) in [5, 5.41) is 3.59. The monoisotopic (exact) mass is 278 g/mol. The van der Waals surface area contributed by atoms with Gasteiger partial charge >= 0.3 is 0 Å². The molecule has 1 fully saturated rings. The average molecular weight is 278 g/mol. The quantitative estimate of drug-likeness (QED) is 0.710. The summed E-state index contributed by atoms with van der Waals surface area (Å²) in [6.45, 7) is 4.18. The first-order valence-corrected chi connectivity index (χ1v) is 7.39. The van der Waals surface area contributed by atoms with Crippen LogP contribution in [-0.4, -0.2) is 46.6 Å². The van der Waals surface area contributed by atoms with Gasteiger partial charge in [-0.1, -0.05) is 18.2 Å². The topological polar surface area (TPSA) is 33.7 Å². The SMILES string of the molecule is COCCN(CCOC)c1ccccc1CNC1CC1. The van der Waals surface area contributed by atoms with E-state index in [0.717, 1.165) is 38.9 Å². The summed E-state index contributed by atoms with van der Waals surface area (Å²) in [4.78, 5) is 2.34. The van der Waals surface area contributed by atoms with Crippen molar-refractivity contribution in [3.8, 4) is 0 Å². The van der Waals surface area contributed by atoms with Crippen molar-refractivity contribution < 1.29 is 9.47 Å². The Morgan fingerprint density at radius 3 is 2.35 bits per heavy atom. The molecule has 0 bridgehead atoms. The first-order chi connectivity index (χ1) is 9.85. The van der Waals surface area contributed by atoms with Gasteiger partial charge in [-0.3, -0.25) is 0 Å². The molecular formula is C16H26N2O2. The molecule has 4 heteroatoms. The molecule has 4 nitrogen and oxygen atoms in total. The predicted molar refractivity (Wildman–Crippen MR) is 82.3 cm³/mol. The van der Waals surface area contributed by atoms with Gasteiger partial charge in [0.05, 0.1) is 13.2 Å². The number of methoxy groups -OCH3 is 2. The molecule has 0 unspecified atom stereocenters. The number of nitrogens with zero attached hydrogens (tertiary/aromatic N) is 1. The number of anilines is 1. The zero-order valence-electron chi connectivity index (χ0n) is 12.6. The van der Waals surface area contributed by atoms with Crippen molar-refractivity contribution in [3.05, 3.63) is 29.8 Å². The molecule has 1 N–H and O–H groups in total. The lowest BCUT2D eigenvalue weighted by molar-refractivity contribution is 0.190. The van der Waals surface area contributed by atoms with E-state index in [-0.39, 0.29) is 0 Å². The molecule has 0 aromatic heterocycles. The lowest BCUT2D eigenvalue weighted by atomic mass is 10.1. The normalized spacial score (nSPS) is 14.5. The van der Waals surface area contributed by atoms with Gasteiger partial charge in [-0.05, 0) is 24.5 Å². The van der Waals surface area contributed by atoms with Crippen LogP contribution in [0.4, 0.5) is 5.69 Å². The highest BCUT2D eigenvalue weighted by Gasteiger charge is 2.21. The molecule has 0 aliphatic heterocycles. The highest BCUT2D eigenvalue weighted by molar-refractivity contribution is 5.53. The second-order valence-corrected chi connectivity index (χ2v) is 5.26. The van der Waals surface area contributed by atoms with E-state index in [4.69, 9.17) is 9.47 Å². The van der Waals surface area contributed by atoms with Crippen molar-refractivity contribution in [2.24, 2.45) is 0 Å². The van der Waals surface area contributed by atoms with E-state index in [1.807, 2.05) is 0 Å². The van der Waals surface area contributed by atoms with Crippen LogP contribution in [0.2, 0.25) is 0 Å². The van der Waals surface area contributed by atoms with Crippen LogP contribution in [0.3, 0.4) is 0 Å². The molecule has 1 aromatic rings. The minimum absolute atomic E-state index is 0.730. The van der Waals surface area contributed by atoms with Gasteiger partial charge in [0.2, 0.25) is 0 Å². The molecule has 2 rings (SSSR count). The highest BCUT2D eigenvalue weighted by Crippen LogP contribution is 2.23.